The topological polar surface area (TPSA) is 56.3 Å². The number of anilines is 1. The first-order valence-corrected chi connectivity index (χ1v) is 6.31. The smallest absolute Gasteiger partial charge is 0.202 e. The van der Waals surface area contributed by atoms with Crippen LogP contribution >= 0.6 is 0 Å². The van der Waals surface area contributed by atoms with Crippen LogP contribution in [0.25, 0.3) is 11.0 Å². The number of rotatable bonds is 2. The molecule has 1 aromatic heterocycles. The maximum absolute atomic E-state index is 6.05. The summed E-state index contributed by atoms with van der Waals surface area (Å²) < 4.78 is 7.49. The van der Waals surface area contributed by atoms with Crippen LogP contribution in [0.2, 0.25) is 0 Å². The van der Waals surface area contributed by atoms with E-state index in [4.69, 9.17) is 10.5 Å². The molecule has 18 heavy (non-hydrogen) atoms. The predicted molar refractivity (Wildman–Crippen MR) is 71.2 cm³/mol. The number of ether oxygens (including phenoxy) is 1. The Kier molecular flexibility index (Phi) is 2.93. The van der Waals surface area contributed by atoms with Crippen molar-refractivity contribution in [1.82, 2.24) is 14.5 Å². The molecular formula is C13H18N4O. The second-order valence-electron chi connectivity index (χ2n) is 4.61. The van der Waals surface area contributed by atoms with Gasteiger partial charge in [0.15, 0.2) is 0 Å². The van der Waals surface area contributed by atoms with Gasteiger partial charge in [0.2, 0.25) is 5.95 Å². The minimum absolute atomic E-state index is 0.210. The number of morpholine rings is 1. The van der Waals surface area contributed by atoms with E-state index >= 15 is 0 Å². The molecule has 2 heterocycles. The molecule has 1 fully saturated rings. The van der Waals surface area contributed by atoms with Gasteiger partial charge in [-0.05, 0) is 19.1 Å². The van der Waals surface area contributed by atoms with Gasteiger partial charge in [-0.3, -0.25) is 9.47 Å². The van der Waals surface area contributed by atoms with Gasteiger partial charge in [0.25, 0.3) is 0 Å². The molecule has 0 spiro atoms. The largest absolute Gasteiger partial charge is 0.379 e. The van der Waals surface area contributed by atoms with Crippen molar-refractivity contribution in [2.75, 3.05) is 32.0 Å². The maximum Gasteiger partial charge on any atom is 0.202 e. The van der Waals surface area contributed by atoms with Crippen LogP contribution in [0, 0.1) is 0 Å². The molecule has 2 aromatic rings. The molecule has 0 saturated carbocycles. The van der Waals surface area contributed by atoms with E-state index in [9.17, 15) is 0 Å². The van der Waals surface area contributed by atoms with Gasteiger partial charge in [-0.1, -0.05) is 12.1 Å². The fourth-order valence-electron chi connectivity index (χ4n) is 2.57. The molecule has 3 rings (SSSR count). The zero-order chi connectivity index (χ0) is 12.5. The number of aromatic nitrogens is 2. The van der Waals surface area contributed by atoms with Crippen molar-refractivity contribution in [3.63, 3.8) is 0 Å². The zero-order valence-corrected chi connectivity index (χ0v) is 10.5. The number of imidazole rings is 1. The number of nitrogens with two attached hydrogens (primary N) is 1. The lowest BCUT2D eigenvalue weighted by atomic mass is 10.3. The van der Waals surface area contributed by atoms with Crippen molar-refractivity contribution >= 4 is 17.0 Å². The molecule has 1 atom stereocenters. The van der Waals surface area contributed by atoms with E-state index in [0.29, 0.717) is 5.95 Å². The van der Waals surface area contributed by atoms with Gasteiger partial charge < -0.3 is 10.5 Å². The lowest BCUT2D eigenvalue weighted by Gasteiger charge is -2.33. The summed E-state index contributed by atoms with van der Waals surface area (Å²) in [5.41, 5.74) is 8.10. The molecule has 5 nitrogen and oxygen atoms in total. The lowest BCUT2D eigenvalue weighted by Crippen LogP contribution is -2.40. The van der Waals surface area contributed by atoms with E-state index < -0.39 is 0 Å². The summed E-state index contributed by atoms with van der Waals surface area (Å²) in [5.74, 6) is 0.579. The van der Waals surface area contributed by atoms with Crippen molar-refractivity contribution in [2.45, 2.75) is 13.1 Å². The number of nitrogens with zero attached hydrogens (tertiary/aromatic N) is 3. The highest BCUT2D eigenvalue weighted by Crippen LogP contribution is 2.25. The minimum atomic E-state index is 0.210. The Morgan fingerprint density at radius 1 is 1.28 bits per heavy atom. The van der Waals surface area contributed by atoms with Crippen molar-refractivity contribution in [3.8, 4) is 0 Å². The molecule has 96 valence electrons. The molecule has 1 unspecified atom stereocenters. The SMILES string of the molecule is CC(N1CCOCC1)n1c(N)nc2ccccc21. The number of para-hydroxylation sites is 2. The lowest BCUT2D eigenvalue weighted by molar-refractivity contribution is 0.00517. The number of benzene rings is 1. The molecule has 1 saturated heterocycles. The van der Waals surface area contributed by atoms with Gasteiger partial charge in [0.1, 0.15) is 0 Å². The summed E-state index contributed by atoms with van der Waals surface area (Å²) in [4.78, 5) is 6.78. The summed E-state index contributed by atoms with van der Waals surface area (Å²) in [6.45, 7) is 5.61. The maximum atomic E-state index is 6.05. The third kappa shape index (κ3) is 1.85. The van der Waals surface area contributed by atoms with E-state index in [1.165, 1.54) is 0 Å². The van der Waals surface area contributed by atoms with Gasteiger partial charge >= 0.3 is 0 Å². The van der Waals surface area contributed by atoms with Crippen LogP contribution in [0.15, 0.2) is 24.3 Å². The predicted octanol–water partition coefficient (Wildman–Crippen LogP) is 1.47. The standard InChI is InChI=1S/C13H18N4O/c1-10(16-6-8-18-9-7-16)17-12-5-3-2-4-11(12)15-13(17)14/h2-5,10H,6-9H2,1H3,(H2,14,15). The number of hydrogen-bond acceptors (Lipinski definition) is 4. The van der Waals surface area contributed by atoms with Crippen molar-refractivity contribution in [1.29, 1.82) is 0 Å². The Bertz CT molecular complexity index is 545. The molecule has 1 aliphatic heterocycles. The zero-order valence-electron chi connectivity index (χ0n) is 10.5. The average molecular weight is 246 g/mol. The highest BCUT2D eigenvalue weighted by Gasteiger charge is 2.21. The van der Waals surface area contributed by atoms with E-state index in [0.717, 1.165) is 37.3 Å². The molecule has 0 amide bonds. The Morgan fingerprint density at radius 2 is 2.00 bits per heavy atom. The Balaban J connectivity index is 1.99. The molecule has 1 aromatic carbocycles. The van der Waals surface area contributed by atoms with Gasteiger partial charge in [-0.2, -0.15) is 0 Å². The van der Waals surface area contributed by atoms with Crippen molar-refractivity contribution < 1.29 is 4.74 Å². The number of nitrogen functional groups attached to an aromatic ring is 1. The van der Waals surface area contributed by atoms with Crippen molar-refractivity contribution in [3.05, 3.63) is 24.3 Å². The van der Waals surface area contributed by atoms with Gasteiger partial charge in [0, 0.05) is 13.1 Å². The highest BCUT2D eigenvalue weighted by molar-refractivity contribution is 5.78. The first kappa shape index (κ1) is 11.5. The highest BCUT2D eigenvalue weighted by atomic mass is 16.5. The minimum Gasteiger partial charge on any atom is -0.379 e. The summed E-state index contributed by atoms with van der Waals surface area (Å²) in [6.07, 6.45) is 0.210. The Hall–Kier alpha value is -1.59. The van der Waals surface area contributed by atoms with Gasteiger partial charge in [-0.25, -0.2) is 4.98 Å². The molecule has 2 N–H and O–H groups in total. The quantitative estimate of drug-likeness (QED) is 0.871. The second-order valence-corrected chi connectivity index (χ2v) is 4.61. The monoisotopic (exact) mass is 246 g/mol. The molecule has 1 aliphatic rings. The summed E-state index contributed by atoms with van der Waals surface area (Å²) >= 11 is 0. The van der Waals surface area contributed by atoms with Crippen LogP contribution in [0.4, 0.5) is 5.95 Å². The molecule has 0 aliphatic carbocycles. The van der Waals surface area contributed by atoms with Crippen LogP contribution in [-0.4, -0.2) is 40.8 Å². The van der Waals surface area contributed by atoms with E-state index in [1.807, 2.05) is 18.2 Å². The summed E-state index contributed by atoms with van der Waals surface area (Å²) in [7, 11) is 0. The van der Waals surface area contributed by atoms with Crippen LogP contribution < -0.4 is 5.73 Å². The summed E-state index contributed by atoms with van der Waals surface area (Å²) in [5, 5.41) is 0. The van der Waals surface area contributed by atoms with Crippen LogP contribution in [-0.2, 0) is 4.74 Å². The van der Waals surface area contributed by atoms with E-state index in [2.05, 4.69) is 27.4 Å². The Labute approximate surface area is 106 Å². The molecular weight excluding hydrogens is 228 g/mol. The van der Waals surface area contributed by atoms with Gasteiger partial charge in [-0.15, -0.1) is 0 Å². The molecule has 0 bridgehead atoms. The van der Waals surface area contributed by atoms with Crippen LogP contribution in [0.3, 0.4) is 0 Å². The average Bonchev–Trinajstić information content (AvgIpc) is 2.75. The number of hydrogen-bond donors (Lipinski definition) is 1. The summed E-state index contributed by atoms with van der Waals surface area (Å²) in [6, 6.07) is 8.06. The second kappa shape index (κ2) is 4.59. The molecule has 5 heteroatoms. The first-order chi connectivity index (χ1) is 8.77. The third-order valence-electron chi connectivity index (χ3n) is 3.57. The Morgan fingerprint density at radius 3 is 2.78 bits per heavy atom. The van der Waals surface area contributed by atoms with E-state index in [-0.39, 0.29) is 6.17 Å². The van der Waals surface area contributed by atoms with Gasteiger partial charge in [0.05, 0.1) is 30.4 Å². The fraction of sp³-hybridized carbons (Fsp3) is 0.462. The van der Waals surface area contributed by atoms with E-state index in [1.54, 1.807) is 0 Å². The van der Waals surface area contributed by atoms with Crippen LogP contribution in [0.5, 0.6) is 0 Å². The fourth-order valence-corrected chi connectivity index (χ4v) is 2.57. The first-order valence-electron chi connectivity index (χ1n) is 6.31. The van der Waals surface area contributed by atoms with Crippen molar-refractivity contribution in [2.24, 2.45) is 0 Å². The number of fused-ring (bicyclic) bond motifs is 1. The van der Waals surface area contributed by atoms with Crippen LogP contribution in [0.1, 0.15) is 13.1 Å². The normalized spacial score (nSPS) is 19.2. The molecule has 0 radical (unpaired) electrons. The third-order valence-corrected chi connectivity index (χ3v) is 3.57.